The molecule has 0 atom stereocenters. The maximum absolute atomic E-state index is 10.0. The van der Waals surface area contributed by atoms with Crippen molar-refractivity contribution < 1.29 is 19.7 Å². The molecule has 0 saturated carbocycles. The molecule has 42 heavy (non-hydrogen) atoms. The molecule has 6 heteroatoms. The first-order valence-electron chi connectivity index (χ1n) is 13.8. The minimum atomic E-state index is 0.107. The van der Waals surface area contributed by atoms with Gasteiger partial charge in [-0.15, -0.1) is 0 Å². The van der Waals surface area contributed by atoms with Gasteiger partial charge >= 0.3 is 0 Å². The molecule has 4 rings (SSSR count). The summed E-state index contributed by atoms with van der Waals surface area (Å²) in [5.41, 5.74) is 5.77. The zero-order valence-electron chi connectivity index (χ0n) is 25.8. The summed E-state index contributed by atoms with van der Waals surface area (Å²) in [6.07, 6.45) is 3.29. The Morgan fingerprint density at radius 1 is 0.524 bits per heavy atom. The number of phenolic OH excluding ortho intramolecular Hbond substituents is 2. The van der Waals surface area contributed by atoms with Gasteiger partial charge in [0, 0.05) is 23.6 Å². The lowest BCUT2D eigenvalue weighted by atomic mass is 9.87. The van der Waals surface area contributed by atoms with E-state index < -0.39 is 0 Å². The molecule has 4 aromatic rings. The van der Waals surface area contributed by atoms with Crippen LogP contribution in [0, 0.1) is 0 Å². The predicted octanol–water partition coefficient (Wildman–Crippen LogP) is 8.90. The summed E-state index contributed by atoms with van der Waals surface area (Å²) < 4.78 is 10.2. The number of rotatable bonds is 6. The number of benzene rings is 4. The van der Waals surface area contributed by atoms with E-state index in [4.69, 9.17) is 9.47 Å². The lowest BCUT2D eigenvalue weighted by molar-refractivity contribution is 0.373. The fourth-order valence-corrected chi connectivity index (χ4v) is 4.00. The number of aliphatic imine (C=N–C) groups is 2. The lowest BCUT2D eigenvalue weighted by Gasteiger charge is -2.18. The minimum absolute atomic E-state index is 0.107. The molecule has 2 N–H and O–H groups in total. The maximum Gasteiger partial charge on any atom is 0.166 e. The van der Waals surface area contributed by atoms with Gasteiger partial charge in [-0.1, -0.05) is 77.9 Å². The van der Waals surface area contributed by atoms with Crippen molar-refractivity contribution in [3.05, 3.63) is 107 Å². The lowest BCUT2D eigenvalue weighted by Crippen LogP contribution is -2.10. The number of nitrogens with zero attached hydrogens (tertiary/aromatic N) is 2. The van der Waals surface area contributed by atoms with E-state index in [1.54, 1.807) is 36.7 Å². The molecular weight excluding hydrogens is 524 g/mol. The topological polar surface area (TPSA) is 83.6 Å². The van der Waals surface area contributed by atoms with Crippen LogP contribution in [0.1, 0.15) is 63.8 Å². The average molecular weight is 567 g/mol. The molecule has 0 amide bonds. The molecule has 0 unspecified atom stereocenters. The molecule has 220 valence electrons. The van der Waals surface area contributed by atoms with Gasteiger partial charge in [-0.25, -0.2) is 0 Å². The van der Waals surface area contributed by atoms with Crippen molar-refractivity contribution >= 4 is 23.8 Å². The van der Waals surface area contributed by atoms with Gasteiger partial charge < -0.3 is 19.7 Å². The van der Waals surface area contributed by atoms with Crippen LogP contribution in [0.5, 0.6) is 23.0 Å². The Kier molecular flexibility index (Phi) is 10.5. The van der Waals surface area contributed by atoms with Crippen LogP contribution in [-0.4, -0.2) is 36.9 Å². The summed E-state index contributed by atoms with van der Waals surface area (Å²) in [6.45, 7) is 13.1. The highest BCUT2D eigenvalue weighted by Crippen LogP contribution is 2.30. The van der Waals surface area contributed by atoms with E-state index in [2.05, 4.69) is 75.8 Å². The fraction of sp³-hybridized carbons (Fsp3) is 0.278. The van der Waals surface area contributed by atoms with Crippen LogP contribution >= 0.6 is 0 Å². The second-order valence-corrected chi connectivity index (χ2v) is 11.9. The van der Waals surface area contributed by atoms with E-state index >= 15 is 0 Å². The first kappa shape index (κ1) is 31.9. The summed E-state index contributed by atoms with van der Waals surface area (Å²) in [5.74, 6) is 1.11. The molecule has 4 aromatic carbocycles. The minimum Gasteiger partial charge on any atom is -0.504 e. The molecule has 0 saturated heterocycles. The van der Waals surface area contributed by atoms with Gasteiger partial charge in [0.2, 0.25) is 0 Å². The molecule has 0 aliphatic carbocycles. The standard InChI is InChI=1S/2C18H21NO2/c2*1-18(2,3)14-8-10-15(11-9-14)19-12-13-6-5-7-16(21-4)17(13)20/h2*5-12,20H,1-4H3. The fourth-order valence-electron chi connectivity index (χ4n) is 4.00. The quantitative estimate of drug-likeness (QED) is 0.228. The third-order valence-electron chi connectivity index (χ3n) is 6.67. The zero-order valence-corrected chi connectivity index (χ0v) is 25.8. The Balaban J connectivity index is 0.000000230. The Hall–Kier alpha value is -4.58. The largest absolute Gasteiger partial charge is 0.504 e. The normalized spacial score (nSPS) is 11.8. The van der Waals surface area contributed by atoms with Crippen LogP contribution < -0.4 is 9.47 Å². The van der Waals surface area contributed by atoms with Crippen LogP contribution in [0.4, 0.5) is 11.4 Å². The Bertz CT molecular complexity index is 1390. The van der Waals surface area contributed by atoms with Crippen LogP contribution in [0.15, 0.2) is 94.9 Å². The SMILES string of the molecule is COc1cccc(C=Nc2ccc(C(C)(C)C)cc2)c1O.COc1cccc(C=Nc2ccc(C(C)(C)C)cc2)c1O. The number of hydrogen-bond acceptors (Lipinski definition) is 6. The smallest absolute Gasteiger partial charge is 0.166 e. The maximum atomic E-state index is 10.0. The predicted molar refractivity (Wildman–Crippen MR) is 174 cm³/mol. The van der Waals surface area contributed by atoms with Gasteiger partial charge in [0.15, 0.2) is 23.0 Å². The highest BCUT2D eigenvalue weighted by Gasteiger charge is 2.13. The molecule has 0 aliphatic rings. The van der Waals surface area contributed by atoms with Gasteiger partial charge in [0.1, 0.15) is 0 Å². The van der Waals surface area contributed by atoms with E-state index in [-0.39, 0.29) is 22.3 Å². The zero-order chi connectivity index (χ0) is 30.9. The van der Waals surface area contributed by atoms with E-state index in [1.165, 1.54) is 25.3 Å². The second-order valence-electron chi connectivity index (χ2n) is 11.9. The number of phenols is 2. The first-order chi connectivity index (χ1) is 19.8. The molecular formula is C36H42N2O4. The van der Waals surface area contributed by atoms with Gasteiger partial charge in [0.05, 0.1) is 25.6 Å². The van der Waals surface area contributed by atoms with Gasteiger partial charge in [-0.2, -0.15) is 0 Å². The number of aromatic hydroxyl groups is 2. The molecule has 0 aliphatic heterocycles. The Morgan fingerprint density at radius 2 is 0.857 bits per heavy atom. The number of para-hydroxylation sites is 2. The molecule has 0 spiro atoms. The van der Waals surface area contributed by atoms with Crippen molar-refractivity contribution in [2.24, 2.45) is 9.98 Å². The Morgan fingerprint density at radius 3 is 1.14 bits per heavy atom. The van der Waals surface area contributed by atoms with Crippen LogP contribution in [0.25, 0.3) is 0 Å². The summed E-state index contributed by atoms with van der Waals surface area (Å²) in [5, 5.41) is 20.0. The highest BCUT2D eigenvalue weighted by atomic mass is 16.5. The van der Waals surface area contributed by atoms with Gasteiger partial charge in [-0.3, -0.25) is 9.98 Å². The van der Waals surface area contributed by atoms with E-state index in [9.17, 15) is 10.2 Å². The summed E-state index contributed by atoms with van der Waals surface area (Å²) in [6, 6.07) is 26.9. The third-order valence-corrected chi connectivity index (χ3v) is 6.67. The molecule has 6 nitrogen and oxygen atoms in total. The highest BCUT2D eigenvalue weighted by molar-refractivity contribution is 5.87. The van der Waals surface area contributed by atoms with Crippen molar-refractivity contribution in [3.8, 4) is 23.0 Å². The summed E-state index contributed by atoms with van der Waals surface area (Å²) in [4.78, 5) is 8.79. The van der Waals surface area contributed by atoms with Crippen molar-refractivity contribution in [1.82, 2.24) is 0 Å². The monoisotopic (exact) mass is 566 g/mol. The van der Waals surface area contributed by atoms with E-state index in [1.807, 2.05) is 36.4 Å². The van der Waals surface area contributed by atoms with Crippen molar-refractivity contribution in [1.29, 1.82) is 0 Å². The first-order valence-corrected chi connectivity index (χ1v) is 13.8. The number of hydrogen-bond donors (Lipinski definition) is 2. The molecule has 0 aromatic heterocycles. The van der Waals surface area contributed by atoms with Gasteiger partial charge in [-0.05, 0) is 70.5 Å². The van der Waals surface area contributed by atoms with Crippen LogP contribution in [0.3, 0.4) is 0 Å². The third kappa shape index (κ3) is 8.71. The van der Waals surface area contributed by atoms with Crippen LogP contribution in [0.2, 0.25) is 0 Å². The van der Waals surface area contributed by atoms with Crippen molar-refractivity contribution in [3.63, 3.8) is 0 Å². The van der Waals surface area contributed by atoms with Crippen molar-refractivity contribution in [2.45, 2.75) is 52.4 Å². The van der Waals surface area contributed by atoms with E-state index in [0.29, 0.717) is 22.6 Å². The summed E-state index contributed by atoms with van der Waals surface area (Å²) >= 11 is 0. The molecule has 0 radical (unpaired) electrons. The van der Waals surface area contributed by atoms with Crippen LogP contribution in [-0.2, 0) is 10.8 Å². The Labute approximate surface area is 250 Å². The molecule has 0 heterocycles. The van der Waals surface area contributed by atoms with Crippen molar-refractivity contribution in [2.75, 3.05) is 14.2 Å². The van der Waals surface area contributed by atoms with E-state index in [0.717, 1.165) is 11.4 Å². The number of ether oxygens (including phenoxy) is 2. The second kappa shape index (κ2) is 13.9. The number of methoxy groups -OCH3 is 2. The van der Waals surface area contributed by atoms with Gasteiger partial charge in [0.25, 0.3) is 0 Å². The molecule has 0 bridgehead atoms. The average Bonchev–Trinajstić information content (AvgIpc) is 2.96. The molecule has 0 fully saturated rings. The summed E-state index contributed by atoms with van der Waals surface area (Å²) in [7, 11) is 3.06.